The smallest absolute Gasteiger partial charge is 0.169 e. The molecule has 3 nitrogen and oxygen atoms in total. The Hall–Kier alpha value is -1.32. The summed E-state index contributed by atoms with van der Waals surface area (Å²) in [6.07, 6.45) is 1.06. The largest absolute Gasteiger partial charge is 0.347 e. The van der Waals surface area contributed by atoms with Gasteiger partial charge in [-0.2, -0.15) is 0 Å². The van der Waals surface area contributed by atoms with Gasteiger partial charge in [0, 0.05) is 49.9 Å². The van der Waals surface area contributed by atoms with E-state index in [1.807, 2.05) is 35.9 Å². The van der Waals surface area contributed by atoms with Gasteiger partial charge < -0.3 is 9.47 Å². The molecule has 1 aromatic carbocycles. The number of aryl methyl sites for hydroxylation is 1. The van der Waals surface area contributed by atoms with Crippen molar-refractivity contribution in [2.75, 3.05) is 20.5 Å². The van der Waals surface area contributed by atoms with E-state index in [0.29, 0.717) is 23.3 Å². The van der Waals surface area contributed by atoms with Crippen molar-refractivity contribution in [2.45, 2.75) is 12.8 Å². The third-order valence-electron chi connectivity index (χ3n) is 3.98. The molecule has 108 valence electrons. The van der Waals surface area contributed by atoms with Crippen LogP contribution in [0.15, 0.2) is 24.3 Å². The second-order valence-electron chi connectivity index (χ2n) is 5.11. The third-order valence-corrected chi connectivity index (χ3v) is 3.98. The van der Waals surface area contributed by atoms with Crippen LogP contribution < -0.4 is 0 Å². The molecule has 4 heteroatoms. The summed E-state index contributed by atoms with van der Waals surface area (Å²) in [5, 5.41) is 0.837. The van der Waals surface area contributed by atoms with E-state index < -0.39 is 19.9 Å². The number of fused-ring (bicyclic) bond motifs is 3. The van der Waals surface area contributed by atoms with Gasteiger partial charge in [-0.15, -0.1) is 12.4 Å². The molecule has 1 heterocycles. The molecule has 0 fully saturated rings. The molecule has 3 rings (SSSR count). The third kappa shape index (κ3) is 2.25. The van der Waals surface area contributed by atoms with E-state index in [0.717, 1.165) is 16.6 Å². The highest BCUT2D eigenvalue weighted by Crippen LogP contribution is 2.33. The summed E-state index contributed by atoms with van der Waals surface area (Å²) in [6, 6.07) is 7.57. The minimum absolute atomic E-state index is 0. The van der Waals surface area contributed by atoms with Crippen LogP contribution in [-0.4, -0.2) is 35.7 Å². The number of hydrogen-bond acceptors (Lipinski definition) is 2. The lowest BCUT2D eigenvalue weighted by Gasteiger charge is -2.24. The number of aromatic nitrogens is 1. The molecule has 0 radical (unpaired) electrons. The zero-order valence-corrected chi connectivity index (χ0v) is 12.0. The van der Waals surface area contributed by atoms with Gasteiger partial charge in [-0.25, -0.2) is 0 Å². The minimum Gasteiger partial charge on any atom is -0.347 e. The second kappa shape index (κ2) is 5.58. The number of Topliss-reactive ketones (excluding diaryl/α,β-unsaturated/α-hetero) is 1. The summed E-state index contributed by atoms with van der Waals surface area (Å²) in [5.41, 5.74) is 2.48. The van der Waals surface area contributed by atoms with Gasteiger partial charge in [0.15, 0.2) is 5.78 Å². The van der Waals surface area contributed by atoms with Crippen LogP contribution in [0.25, 0.3) is 10.9 Å². The number of hydrogen-bond donors (Lipinski definition) is 0. The van der Waals surface area contributed by atoms with E-state index in [9.17, 15) is 4.79 Å². The number of carbonyl (C=O) groups is 1. The van der Waals surface area contributed by atoms with Crippen molar-refractivity contribution < 1.29 is 13.0 Å². The zero-order chi connectivity index (χ0) is 18.6. The maximum atomic E-state index is 13.0. The van der Waals surface area contributed by atoms with Crippen molar-refractivity contribution in [2.24, 2.45) is 13.0 Å². The topological polar surface area (TPSA) is 25.2 Å². The molecule has 0 aliphatic heterocycles. The molecule has 0 spiro atoms. The molecule has 0 bridgehead atoms. The lowest BCUT2D eigenvalue weighted by atomic mass is 9.85. The van der Waals surface area contributed by atoms with Crippen LogP contribution in [0.5, 0.6) is 0 Å². The summed E-state index contributed by atoms with van der Waals surface area (Å²) in [6.45, 7) is -5.84. The highest BCUT2D eigenvalue weighted by Gasteiger charge is 2.31. The molecule has 1 aliphatic carbocycles. The van der Waals surface area contributed by atoms with E-state index in [1.54, 1.807) is 0 Å². The summed E-state index contributed by atoms with van der Waals surface area (Å²) >= 11 is 0. The van der Waals surface area contributed by atoms with Crippen molar-refractivity contribution in [1.82, 2.24) is 9.47 Å². The van der Waals surface area contributed by atoms with Gasteiger partial charge in [0.2, 0.25) is 0 Å². The predicted molar refractivity (Wildman–Crippen MR) is 84.9 cm³/mol. The fourth-order valence-electron chi connectivity index (χ4n) is 3.05. The maximum Gasteiger partial charge on any atom is 0.169 e. The van der Waals surface area contributed by atoms with Gasteiger partial charge in [-0.05, 0) is 32.9 Å². The Kier molecular flexibility index (Phi) is 2.47. The van der Waals surface area contributed by atoms with Crippen molar-refractivity contribution in [1.29, 1.82) is 0 Å². The average molecular weight is 299 g/mol. The predicted octanol–water partition coefficient (Wildman–Crippen LogP) is 2.91. The molecule has 0 amide bonds. The standard InChI is InChI=1S/C16H20N2O.ClH/c1-17(2)10-11-8-9-14-15(16(11)19)12-6-4-5-7-13(12)18(14)3;/h4-7,11H,8-10H2,1-3H3;1H/i1D3,2D3;. The number of ketones is 1. The van der Waals surface area contributed by atoms with Crippen molar-refractivity contribution in [3.63, 3.8) is 0 Å². The molecule has 0 N–H and O–H groups in total. The number of benzene rings is 1. The highest BCUT2D eigenvalue weighted by molar-refractivity contribution is 6.11. The molecule has 1 aromatic heterocycles. The Morgan fingerprint density at radius 2 is 2.15 bits per heavy atom. The highest BCUT2D eigenvalue weighted by atomic mass is 35.5. The molecule has 1 aliphatic rings. The number of halogens is 1. The summed E-state index contributed by atoms with van der Waals surface area (Å²) < 4.78 is 46.9. The summed E-state index contributed by atoms with van der Waals surface area (Å²) in [4.78, 5) is 13.5. The van der Waals surface area contributed by atoms with Gasteiger partial charge in [-0.1, -0.05) is 18.2 Å². The van der Waals surface area contributed by atoms with E-state index >= 15 is 0 Å². The van der Waals surface area contributed by atoms with Gasteiger partial charge in [-0.3, -0.25) is 4.79 Å². The van der Waals surface area contributed by atoms with Crippen LogP contribution in [0, 0.1) is 5.92 Å². The van der Waals surface area contributed by atoms with Crippen LogP contribution in [0.2, 0.25) is 0 Å². The Balaban J connectivity index is 0.00000243. The summed E-state index contributed by atoms with van der Waals surface area (Å²) in [5.74, 6) is -0.810. The van der Waals surface area contributed by atoms with Crippen LogP contribution in [0.4, 0.5) is 0 Å². The maximum absolute atomic E-state index is 13.0. The Bertz CT molecular complexity index is 812. The number of para-hydroxylation sites is 1. The van der Waals surface area contributed by atoms with E-state index in [2.05, 4.69) is 0 Å². The molecular weight excluding hydrogens is 272 g/mol. The Labute approximate surface area is 134 Å². The SMILES string of the molecule is Cl.[2H]C([2H])([2H])N(CC1CCc2c(c3ccccc3n2C)C1=O)C([2H])([2H])[2H]. The van der Waals surface area contributed by atoms with Gasteiger partial charge in [0.05, 0.1) is 0 Å². The molecule has 0 saturated carbocycles. The first-order chi connectivity index (χ1) is 11.5. The van der Waals surface area contributed by atoms with Crippen molar-refractivity contribution >= 4 is 29.1 Å². The number of carbonyl (C=O) groups excluding carboxylic acids is 1. The van der Waals surface area contributed by atoms with Gasteiger partial charge in [0.25, 0.3) is 0 Å². The summed E-state index contributed by atoms with van der Waals surface area (Å²) in [7, 11) is 1.91. The Morgan fingerprint density at radius 3 is 2.90 bits per heavy atom. The monoisotopic (exact) mass is 298 g/mol. The fourth-order valence-corrected chi connectivity index (χ4v) is 3.05. The van der Waals surface area contributed by atoms with Gasteiger partial charge >= 0.3 is 0 Å². The molecule has 20 heavy (non-hydrogen) atoms. The molecule has 0 saturated heterocycles. The fraction of sp³-hybridized carbons (Fsp3) is 0.438. The number of rotatable bonds is 2. The first kappa shape index (κ1) is 8.85. The first-order valence-corrected chi connectivity index (χ1v) is 6.40. The lowest BCUT2D eigenvalue weighted by Crippen LogP contribution is -2.31. The van der Waals surface area contributed by atoms with Crippen molar-refractivity contribution in [3.8, 4) is 0 Å². The minimum atomic E-state index is -2.77. The first-order valence-electron chi connectivity index (χ1n) is 9.40. The van der Waals surface area contributed by atoms with Crippen molar-refractivity contribution in [3.05, 3.63) is 35.5 Å². The van der Waals surface area contributed by atoms with E-state index in [1.165, 1.54) is 0 Å². The quantitative estimate of drug-likeness (QED) is 0.852. The molecule has 1 unspecified atom stereocenters. The average Bonchev–Trinajstić information content (AvgIpc) is 2.78. The van der Waals surface area contributed by atoms with Crippen LogP contribution >= 0.6 is 12.4 Å². The molecule has 1 atom stereocenters. The van der Waals surface area contributed by atoms with Crippen LogP contribution in [0.3, 0.4) is 0 Å². The van der Waals surface area contributed by atoms with Gasteiger partial charge in [0.1, 0.15) is 0 Å². The second-order valence-corrected chi connectivity index (χ2v) is 5.11. The van der Waals surface area contributed by atoms with Crippen LogP contribution in [0.1, 0.15) is 30.7 Å². The Morgan fingerprint density at radius 1 is 1.40 bits per heavy atom. The van der Waals surface area contributed by atoms with Crippen LogP contribution in [-0.2, 0) is 13.5 Å². The number of nitrogens with zero attached hydrogens (tertiary/aromatic N) is 2. The lowest BCUT2D eigenvalue weighted by molar-refractivity contribution is 0.0878. The van der Waals surface area contributed by atoms with E-state index in [4.69, 9.17) is 8.22 Å². The molecular formula is C16H21ClN2O. The zero-order valence-electron chi connectivity index (χ0n) is 17.2. The normalized spacial score (nSPS) is 23.9. The van der Waals surface area contributed by atoms with E-state index in [-0.39, 0.29) is 24.7 Å². The molecule has 2 aromatic rings.